The van der Waals surface area contributed by atoms with Crippen molar-refractivity contribution < 1.29 is 19.7 Å². The molecule has 0 radical (unpaired) electrons. The molecular weight excluding hydrogens is 354 g/mol. The average molecular weight is 388 g/mol. The maximum atomic E-state index is 12.9. The van der Waals surface area contributed by atoms with Crippen LogP contribution in [0.2, 0.25) is 0 Å². The summed E-state index contributed by atoms with van der Waals surface area (Å²) in [5.41, 5.74) is 3.03. The van der Waals surface area contributed by atoms with Crippen molar-refractivity contribution in [3.05, 3.63) is 34.9 Å². The van der Waals surface area contributed by atoms with E-state index in [1.54, 1.807) is 0 Å². The third-order valence-corrected chi connectivity index (χ3v) is 7.05. The molecular formula is C23H33NO4. The van der Waals surface area contributed by atoms with Crippen LogP contribution in [0.5, 0.6) is 0 Å². The monoisotopic (exact) mass is 387 g/mol. The van der Waals surface area contributed by atoms with Gasteiger partial charge in [-0.25, -0.2) is 4.79 Å². The molecule has 4 rings (SSSR count). The Labute approximate surface area is 167 Å². The van der Waals surface area contributed by atoms with E-state index in [0.29, 0.717) is 5.92 Å². The molecule has 0 aromatic heterocycles. The minimum Gasteiger partial charge on any atom is -0.444 e. The SMILES string of the molecule is CC(C)(C)OC(=O)N1CCC23CCCCC2C1Cc1ccc(C(O)CO)cc13. The van der Waals surface area contributed by atoms with Gasteiger partial charge in [0.15, 0.2) is 0 Å². The molecule has 4 atom stereocenters. The number of rotatable bonds is 2. The van der Waals surface area contributed by atoms with Crippen molar-refractivity contribution in [3.63, 3.8) is 0 Å². The van der Waals surface area contributed by atoms with Gasteiger partial charge < -0.3 is 19.8 Å². The number of benzene rings is 1. The number of aliphatic hydroxyl groups is 2. The number of likely N-dealkylation sites (tertiary alicyclic amines) is 1. The van der Waals surface area contributed by atoms with Crippen LogP contribution in [0.15, 0.2) is 18.2 Å². The van der Waals surface area contributed by atoms with Crippen molar-refractivity contribution in [1.82, 2.24) is 4.90 Å². The molecule has 1 saturated carbocycles. The molecule has 5 heteroatoms. The zero-order valence-electron chi connectivity index (χ0n) is 17.3. The topological polar surface area (TPSA) is 70.0 Å². The lowest BCUT2D eigenvalue weighted by atomic mass is 9.52. The van der Waals surface area contributed by atoms with Crippen molar-refractivity contribution >= 4 is 6.09 Å². The number of ether oxygens (including phenoxy) is 1. The Hall–Kier alpha value is -1.59. The van der Waals surface area contributed by atoms with Gasteiger partial charge in [-0.05, 0) is 69.1 Å². The molecule has 1 saturated heterocycles. The largest absolute Gasteiger partial charge is 0.444 e. The van der Waals surface area contributed by atoms with E-state index in [0.717, 1.165) is 37.8 Å². The predicted molar refractivity (Wildman–Crippen MR) is 107 cm³/mol. The predicted octanol–water partition coefficient (Wildman–Crippen LogP) is 3.71. The van der Waals surface area contributed by atoms with Gasteiger partial charge in [0.1, 0.15) is 11.7 Å². The molecule has 1 aromatic carbocycles. The van der Waals surface area contributed by atoms with Crippen molar-refractivity contribution in [2.24, 2.45) is 5.92 Å². The summed E-state index contributed by atoms with van der Waals surface area (Å²) in [5, 5.41) is 19.5. The van der Waals surface area contributed by atoms with Crippen molar-refractivity contribution in [3.8, 4) is 0 Å². The summed E-state index contributed by atoms with van der Waals surface area (Å²) >= 11 is 0. The van der Waals surface area contributed by atoms with Gasteiger partial charge in [0.25, 0.3) is 0 Å². The molecule has 0 spiro atoms. The molecule has 2 fully saturated rings. The van der Waals surface area contributed by atoms with E-state index in [2.05, 4.69) is 12.1 Å². The Morgan fingerprint density at radius 3 is 2.82 bits per heavy atom. The zero-order chi connectivity index (χ0) is 20.1. The first-order valence-electron chi connectivity index (χ1n) is 10.7. The summed E-state index contributed by atoms with van der Waals surface area (Å²) in [6, 6.07) is 6.34. The highest BCUT2D eigenvalue weighted by atomic mass is 16.6. The van der Waals surface area contributed by atoms with E-state index in [1.807, 2.05) is 31.7 Å². The Bertz CT molecular complexity index is 755. The first kappa shape index (κ1) is 19.7. The standard InChI is InChI=1S/C23H33NO4/c1-22(2,3)28-21(27)24-11-10-23-9-5-4-6-17(23)19(24)13-15-7-8-16(12-18(15)23)20(26)14-25/h7-8,12,17,19-20,25-26H,4-6,9-11,13-14H2,1-3H3. The van der Waals surface area contributed by atoms with E-state index in [4.69, 9.17) is 4.74 Å². The Morgan fingerprint density at radius 1 is 1.32 bits per heavy atom. The molecule has 1 aromatic rings. The average Bonchev–Trinajstić information content (AvgIpc) is 2.65. The molecule has 2 bridgehead atoms. The quantitative estimate of drug-likeness (QED) is 0.812. The third-order valence-electron chi connectivity index (χ3n) is 7.05. The van der Waals surface area contributed by atoms with E-state index >= 15 is 0 Å². The molecule has 154 valence electrons. The van der Waals surface area contributed by atoms with Gasteiger partial charge in [0.05, 0.1) is 6.61 Å². The second-order valence-electron chi connectivity index (χ2n) is 9.82. The van der Waals surface area contributed by atoms with Crippen molar-refractivity contribution in [2.45, 2.75) is 82.5 Å². The zero-order valence-corrected chi connectivity index (χ0v) is 17.3. The number of aliphatic hydroxyl groups excluding tert-OH is 2. The van der Waals surface area contributed by atoms with Crippen LogP contribution < -0.4 is 0 Å². The number of fused-ring (bicyclic) bond motifs is 1. The lowest BCUT2D eigenvalue weighted by Crippen LogP contribution is -2.62. The normalized spacial score (nSPS) is 30.2. The van der Waals surface area contributed by atoms with Crippen LogP contribution in [0.1, 0.15) is 75.7 Å². The van der Waals surface area contributed by atoms with Gasteiger partial charge >= 0.3 is 6.09 Å². The molecule has 5 nitrogen and oxygen atoms in total. The molecule has 2 aliphatic carbocycles. The minimum absolute atomic E-state index is 0.0835. The molecule has 2 N–H and O–H groups in total. The number of piperidine rings is 1. The van der Waals surface area contributed by atoms with Gasteiger partial charge in [-0.15, -0.1) is 0 Å². The summed E-state index contributed by atoms with van der Waals surface area (Å²) in [7, 11) is 0. The second kappa shape index (κ2) is 7.03. The summed E-state index contributed by atoms with van der Waals surface area (Å²) < 4.78 is 5.73. The first-order valence-corrected chi connectivity index (χ1v) is 10.7. The van der Waals surface area contributed by atoms with Crippen molar-refractivity contribution in [1.29, 1.82) is 0 Å². The molecule has 1 aliphatic heterocycles. The Kier molecular flexibility index (Phi) is 4.95. The van der Waals surface area contributed by atoms with Gasteiger partial charge in [0, 0.05) is 18.0 Å². The van der Waals surface area contributed by atoms with Crippen LogP contribution in [0.3, 0.4) is 0 Å². The highest BCUT2D eigenvalue weighted by molar-refractivity contribution is 5.69. The Morgan fingerprint density at radius 2 is 2.11 bits per heavy atom. The molecule has 28 heavy (non-hydrogen) atoms. The summed E-state index contributed by atoms with van der Waals surface area (Å²) in [4.78, 5) is 14.9. The molecule has 1 heterocycles. The summed E-state index contributed by atoms with van der Waals surface area (Å²) in [5.74, 6) is 0.441. The van der Waals surface area contributed by atoms with E-state index < -0.39 is 11.7 Å². The highest BCUT2D eigenvalue weighted by Gasteiger charge is 2.55. The number of hydrogen-bond acceptors (Lipinski definition) is 4. The third kappa shape index (κ3) is 3.22. The fourth-order valence-electron chi connectivity index (χ4n) is 5.88. The van der Waals surface area contributed by atoms with Gasteiger partial charge in [-0.3, -0.25) is 0 Å². The number of hydrogen-bond donors (Lipinski definition) is 2. The van der Waals surface area contributed by atoms with Crippen LogP contribution in [0.25, 0.3) is 0 Å². The maximum Gasteiger partial charge on any atom is 0.410 e. The lowest BCUT2D eigenvalue weighted by Gasteiger charge is -2.58. The number of amides is 1. The van der Waals surface area contributed by atoms with Crippen molar-refractivity contribution in [2.75, 3.05) is 13.2 Å². The number of carbonyl (C=O) groups is 1. The van der Waals surface area contributed by atoms with Crippen LogP contribution >= 0.6 is 0 Å². The van der Waals surface area contributed by atoms with E-state index in [-0.39, 0.29) is 24.2 Å². The lowest BCUT2D eigenvalue weighted by molar-refractivity contribution is -0.0349. The smallest absolute Gasteiger partial charge is 0.410 e. The maximum absolute atomic E-state index is 12.9. The van der Waals surface area contributed by atoms with Gasteiger partial charge in [0.2, 0.25) is 0 Å². The first-order chi connectivity index (χ1) is 13.2. The van der Waals surface area contributed by atoms with Gasteiger partial charge in [-0.1, -0.05) is 31.0 Å². The summed E-state index contributed by atoms with van der Waals surface area (Å²) in [6.07, 6.45) is 5.46. The molecule has 1 amide bonds. The van der Waals surface area contributed by atoms with E-state index in [1.165, 1.54) is 24.0 Å². The van der Waals surface area contributed by atoms with Gasteiger partial charge in [-0.2, -0.15) is 0 Å². The fourth-order valence-corrected chi connectivity index (χ4v) is 5.88. The van der Waals surface area contributed by atoms with E-state index in [9.17, 15) is 15.0 Å². The van der Waals surface area contributed by atoms with Crippen LogP contribution in [-0.4, -0.2) is 46.0 Å². The second-order valence-corrected chi connectivity index (χ2v) is 9.82. The molecule has 3 aliphatic rings. The minimum atomic E-state index is -0.830. The fraction of sp³-hybridized carbons (Fsp3) is 0.696. The summed E-state index contributed by atoms with van der Waals surface area (Å²) in [6.45, 7) is 6.23. The van der Waals surface area contributed by atoms with Crippen LogP contribution in [0.4, 0.5) is 4.79 Å². The molecule has 4 unspecified atom stereocenters. The van der Waals surface area contributed by atoms with Crippen LogP contribution in [-0.2, 0) is 16.6 Å². The van der Waals surface area contributed by atoms with Crippen LogP contribution in [0, 0.1) is 5.92 Å². The number of carbonyl (C=O) groups excluding carboxylic acids is 1. The number of nitrogens with zero attached hydrogens (tertiary/aromatic N) is 1. The Balaban J connectivity index is 1.72. The highest BCUT2D eigenvalue weighted by Crippen LogP contribution is 2.56.